The lowest BCUT2D eigenvalue weighted by molar-refractivity contribution is -0.141. The Bertz CT molecular complexity index is 378. The minimum atomic E-state index is -0.691. The summed E-state index contributed by atoms with van der Waals surface area (Å²) in [5, 5.41) is 0. The molecule has 1 aromatic rings. The van der Waals surface area contributed by atoms with Gasteiger partial charge in [-0.25, -0.2) is 0 Å². The standard InChI is InChI=1S/C13H18BrNO2/c1-4-13(3,17-5-2)12(16)8-11-7-6-10(14)9-15-11/h6-7,9H,4-5,8H2,1-3H3. The molecule has 1 unspecified atom stereocenters. The summed E-state index contributed by atoms with van der Waals surface area (Å²) < 4.78 is 6.46. The maximum absolute atomic E-state index is 12.2. The van der Waals surface area contributed by atoms with Crippen molar-refractivity contribution in [3.05, 3.63) is 28.5 Å². The number of aromatic nitrogens is 1. The van der Waals surface area contributed by atoms with Gasteiger partial charge >= 0.3 is 0 Å². The molecule has 4 heteroatoms. The van der Waals surface area contributed by atoms with E-state index in [0.717, 1.165) is 10.2 Å². The molecule has 0 amide bonds. The highest BCUT2D eigenvalue weighted by molar-refractivity contribution is 9.10. The van der Waals surface area contributed by atoms with Crippen LogP contribution in [0.25, 0.3) is 0 Å². The summed E-state index contributed by atoms with van der Waals surface area (Å²) in [7, 11) is 0. The first-order valence-electron chi connectivity index (χ1n) is 5.79. The highest BCUT2D eigenvalue weighted by atomic mass is 79.9. The lowest BCUT2D eigenvalue weighted by atomic mass is 9.94. The fourth-order valence-corrected chi connectivity index (χ4v) is 1.80. The minimum absolute atomic E-state index is 0.0803. The number of hydrogen-bond donors (Lipinski definition) is 0. The van der Waals surface area contributed by atoms with Crippen molar-refractivity contribution in [2.24, 2.45) is 0 Å². The first kappa shape index (κ1) is 14.3. The fraction of sp³-hybridized carbons (Fsp3) is 0.538. The normalized spacial score (nSPS) is 14.4. The second-order valence-corrected chi connectivity index (χ2v) is 5.00. The number of pyridine rings is 1. The minimum Gasteiger partial charge on any atom is -0.368 e. The zero-order valence-corrected chi connectivity index (χ0v) is 12.1. The van der Waals surface area contributed by atoms with Gasteiger partial charge in [0.05, 0.1) is 6.42 Å². The molecular weight excluding hydrogens is 282 g/mol. The predicted molar refractivity (Wildman–Crippen MR) is 71.0 cm³/mol. The summed E-state index contributed by atoms with van der Waals surface area (Å²) in [5.74, 6) is 0.0803. The summed E-state index contributed by atoms with van der Waals surface area (Å²) >= 11 is 3.32. The SMILES string of the molecule is CCOC(C)(CC)C(=O)Cc1ccc(Br)cn1. The molecule has 0 saturated heterocycles. The van der Waals surface area contributed by atoms with Crippen LogP contribution in [0, 0.1) is 0 Å². The van der Waals surface area contributed by atoms with E-state index >= 15 is 0 Å². The van der Waals surface area contributed by atoms with Crippen molar-refractivity contribution in [1.29, 1.82) is 0 Å². The van der Waals surface area contributed by atoms with E-state index in [1.165, 1.54) is 0 Å². The van der Waals surface area contributed by atoms with Gasteiger partial charge < -0.3 is 4.74 Å². The molecule has 1 aromatic heterocycles. The van der Waals surface area contributed by atoms with Gasteiger partial charge in [-0.2, -0.15) is 0 Å². The number of halogens is 1. The van der Waals surface area contributed by atoms with E-state index in [0.29, 0.717) is 19.4 Å². The van der Waals surface area contributed by atoms with Crippen LogP contribution in [0.5, 0.6) is 0 Å². The van der Waals surface area contributed by atoms with Crippen LogP contribution in [0.3, 0.4) is 0 Å². The number of ketones is 1. The monoisotopic (exact) mass is 299 g/mol. The van der Waals surface area contributed by atoms with Crippen LogP contribution in [-0.2, 0) is 16.0 Å². The van der Waals surface area contributed by atoms with E-state index in [2.05, 4.69) is 20.9 Å². The average Bonchev–Trinajstić information content (AvgIpc) is 2.32. The van der Waals surface area contributed by atoms with Gasteiger partial charge in [-0.1, -0.05) is 6.92 Å². The molecule has 0 aliphatic carbocycles. The molecule has 0 radical (unpaired) electrons. The third-order valence-electron chi connectivity index (χ3n) is 2.86. The Kier molecular flexibility index (Phi) is 5.28. The zero-order chi connectivity index (χ0) is 12.9. The molecule has 0 fully saturated rings. The zero-order valence-electron chi connectivity index (χ0n) is 10.5. The van der Waals surface area contributed by atoms with Crippen molar-refractivity contribution < 1.29 is 9.53 Å². The van der Waals surface area contributed by atoms with E-state index < -0.39 is 5.60 Å². The Morgan fingerprint density at radius 1 is 1.47 bits per heavy atom. The Hall–Kier alpha value is -0.740. The van der Waals surface area contributed by atoms with Gasteiger partial charge in [-0.3, -0.25) is 9.78 Å². The second-order valence-electron chi connectivity index (χ2n) is 4.09. The molecule has 0 aliphatic heterocycles. The van der Waals surface area contributed by atoms with E-state index in [1.54, 1.807) is 6.20 Å². The molecule has 0 N–H and O–H groups in total. The predicted octanol–water partition coefficient (Wildman–Crippen LogP) is 3.16. The molecule has 17 heavy (non-hydrogen) atoms. The first-order chi connectivity index (χ1) is 8.01. The van der Waals surface area contributed by atoms with Gasteiger partial charge in [0.1, 0.15) is 5.60 Å². The van der Waals surface area contributed by atoms with Crippen LogP contribution in [0.15, 0.2) is 22.8 Å². The van der Waals surface area contributed by atoms with Crippen molar-refractivity contribution in [3.63, 3.8) is 0 Å². The van der Waals surface area contributed by atoms with E-state index in [-0.39, 0.29) is 5.78 Å². The van der Waals surface area contributed by atoms with E-state index in [4.69, 9.17) is 4.74 Å². The summed E-state index contributed by atoms with van der Waals surface area (Å²) in [6.45, 7) is 6.25. The van der Waals surface area contributed by atoms with Crippen molar-refractivity contribution >= 4 is 21.7 Å². The van der Waals surface area contributed by atoms with E-state index in [1.807, 2.05) is 32.9 Å². The lowest BCUT2D eigenvalue weighted by Gasteiger charge is -2.26. The van der Waals surface area contributed by atoms with Crippen LogP contribution in [0.1, 0.15) is 32.9 Å². The lowest BCUT2D eigenvalue weighted by Crippen LogP contribution is -2.39. The van der Waals surface area contributed by atoms with Crippen molar-refractivity contribution in [2.45, 2.75) is 39.2 Å². The topological polar surface area (TPSA) is 39.2 Å². The largest absolute Gasteiger partial charge is 0.368 e. The Morgan fingerprint density at radius 3 is 2.65 bits per heavy atom. The number of ether oxygens (including phenoxy) is 1. The molecule has 0 aromatic carbocycles. The molecular formula is C13H18BrNO2. The maximum Gasteiger partial charge on any atom is 0.170 e. The molecule has 3 nitrogen and oxygen atoms in total. The van der Waals surface area contributed by atoms with Crippen LogP contribution in [0.2, 0.25) is 0 Å². The quantitative estimate of drug-likeness (QED) is 0.810. The second kappa shape index (κ2) is 6.26. The average molecular weight is 300 g/mol. The molecule has 0 saturated carbocycles. The summed E-state index contributed by atoms with van der Waals surface area (Å²) in [6, 6.07) is 3.74. The summed E-state index contributed by atoms with van der Waals surface area (Å²) in [6.07, 6.45) is 2.69. The Balaban J connectivity index is 2.73. The highest BCUT2D eigenvalue weighted by Gasteiger charge is 2.31. The maximum atomic E-state index is 12.2. The third-order valence-corrected chi connectivity index (χ3v) is 3.33. The molecule has 1 heterocycles. The van der Waals surface area contributed by atoms with Gasteiger partial charge in [0.15, 0.2) is 5.78 Å². The molecule has 0 spiro atoms. The van der Waals surface area contributed by atoms with Crippen LogP contribution in [0.4, 0.5) is 0 Å². The van der Waals surface area contributed by atoms with Gasteiger partial charge in [0.2, 0.25) is 0 Å². The molecule has 94 valence electrons. The van der Waals surface area contributed by atoms with Crippen molar-refractivity contribution in [1.82, 2.24) is 4.98 Å². The summed E-state index contributed by atoms with van der Waals surface area (Å²) in [5.41, 5.74) is 0.0846. The number of carbonyl (C=O) groups excluding carboxylic acids is 1. The summed E-state index contributed by atoms with van der Waals surface area (Å²) in [4.78, 5) is 16.4. The number of nitrogens with zero attached hydrogens (tertiary/aromatic N) is 1. The first-order valence-corrected chi connectivity index (χ1v) is 6.58. The molecule has 0 bridgehead atoms. The Morgan fingerprint density at radius 2 is 2.18 bits per heavy atom. The number of Topliss-reactive ketones (excluding diaryl/α,β-unsaturated/α-hetero) is 1. The third kappa shape index (κ3) is 3.89. The van der Waals surface area contributed by atoms with Crippen LogP contribution >= 0.6 is 15.9 Å². The van der Waals surface area contributed by atoms with Gasteiger partial charge in [-0.05, 0) is 48.3 Å². The van der Waals surface area contributed by atoms with Gasteiger partial charge in [-0.15, -0.1) is 0 Å². The van der Waals surface area contributed by atoms with Gasteiger partial charge in [0.25, 0.3) is 0 Å². The van der Waals surface area contributed by atoms with Crippen molar-refractivity contribution in [2.75, 3.05) is 6.61 Å². The van der Waals surface area contributed by atoms with Crippen molar-refractivity contribution in [3.8, 4) is 0 Å². The number of rotatable bonds is 6. The molecule has 1 atom stereocenters. The molecule has 0 aliphatic rings. The number of hydrogen-bond acceptors (Lipinski definition) is 3. The Labute approximate surface area is 111 Å². The smallest absolute Gasteiger partial charge is 0.170 e. The highest BCUT2D eigenvalue weighted by Crippen LogP contribution is 2.19. The van der Waals surface area contributed by atoms with Crippen LogP contribution < -0.4 is 0 Å². The van der Waals surface area contributed by atoms with E-state index in [9.17, 15) is 4.79 Å². The van der Waals surface area contributed by atoms with Gasteiger partial charge in [0, 0.05) is 23.0 Å². The number of carbonyl (C=O) groups is 1. The molecule has 1 rings (SSSR count). The fourth-order valence-electron chi connectivity index (χ4n) is 1.56. The van der Waals surface area contributed by atoms with Crippen LogP contribution in [-0.4, -0.2) is 23.0 Å².